The van der Waals surface area contributed by atoms with Gasteiger partial charge in [0.2, 0.25) is 0 Å². The van der Waals surface area contributed by atoms with Crippen LogP contribution in [-0.4, -0.2) is 14.2 Å². The average Bonchev–Trinajstić information content (AvgIpc) is 2.45. The Balaban J connectivity index is 2.40. The summed E-state index contributed by atoms with van der Waals surface area (Å²) in [5, 5.41) is 9.37. The Morgan fingerprint density at radius 1 is 1.00 bits per heavy atom. The molecule has 0 radical (unpaired) electrons. The van der Waals surface area contributed by atoms with Crippen molar-refractivity contribution in [1.82, 2.24) is 0 Å². The van der Waals surface area contributed by atoms with Gasteiger partial charge in [-0.05, 0) is 17.7 Å². The number of nitrogens with zero attached hydrogens (tertiary/aromatic N) is 1. The fourth-order valence-electron chi connectivity index (χ4n) is 1.98. The molecule has 3 nitrogen and oxygen atoms in total. The highest BCUT2D eigenvalue weighted by atomic mass is 35.5. The molecular weight excluding hydrogens is 329 g/mol. The van der Waals surface area contributed by atoms with Gasteiger partial charge in [0.15, 0.2) is 9.84 Å². The molecule has 0 amide bonds. The van der Waals surface area contributed by atoms with Gasteiger partial charge in [0.25, 0.3) is 0 Å². The lowest BCUT2D eigenvalue weighted by molar-refractivity contribution is 0.593. The van der Waals surface area contributed by atoms with Crippen LogP contribution in [-0.2, 0) is 9.84 Å². The molecule has 6 heteroatoms. The molecule has 1 unspecified atom stereocenters. The maximum absolute atomic E-state index is 12.5. The van der Waals surface area contributed by atoms with Crippen molar-refractivity contribution in [2.75, 3.05) is 5.75 Å². The van der Waals surface area contributed by atoms with Gasteiger partial charge in [0, 0.05) is 0 Å². The number of nitriles is 1. The summed E-state index contributed by atoms with van der Waals surface area (Å²) < 4.78 is 25.0. The quantitative estimate of drug-likeness (QED) is 0.843. The van der Waals surface area contributed by atoms with E-state index in [-0.39, 0.29) is 20.7 Å². The minimum atomic E-state index is -3.77. The Labute approximate surface area is 133 Å². The smallest absolute Gasteiger partial charge is 0.182 e. The highest BCUT2D eigenvalue weighted by molar-refractivity contribution is 7.91. The largest absolute Gasteiger partial charge is 0.224 e. The molecule has 0 fully saturated rings. The number of hydrogen-bond acceptors (Lipinski definition) is 3. The summed E-state index contributed by atoms with van der Waals surface area (Å²) in [5.41, 5.74) is 0.645. The van der Waals surface area contributed by atoms with Crippen LogP contribution in [0.4, 0.5) is 0 Å². The van der Waals surface area contributed by atoms with Gasteiger partial charge in [-0.15, -0.1) is 0 Å². The van der Waals surface area contributed by atoms with Gasteiger partial charge in [0.1, 0.15) is 4.90 Å². The molecule has 0 aliphatic heterocycles. The van der Waals surface area contributed by atoms with Gasteiger partial charge < -0.3 is 0 Å². The molecular formula is C15H11Cl2NO2S. The van der Waals surface area contributed by atoms with E-state index in [1.807, 2.05) is 6.07 Å². The summed E-state index contributed by atoms with van der Waals surface area (Å²) in [4.78, 5) is -0.121. The zero-order valence-corrected chi connectivity index (χ0v) is 13.2. The Kier molecular flexibility index (Phi) is 4.89. The number of sulfone groups is 1. The fraction of sp³-hybridized carbons (Fsp3) is 0.133. The first-order valence-corrected chi connectivity index (χ1v) is 8.48. The van der Waals surface area contributed by atoms with Gasteiger partial charge >= 0.3 is 0 Å². The van der Waals surface area contributed by atoms with Crippen molar-refractivity contribution in [3.63, 3.8) is 0 Å². The number of benzene rings is 2. The standard InChI is InChI=1S/C15H11Cl2NO2S/c16-13-7-4-8-14(17)15(13)21(19,20)10-12(9-18)11-5-2-1-3-6-11/h1-8,12H,10H2. The molecule has 0 aliphatic carbocycles. The summed E-state index contributed by atoms with van der Waals surface area (Å²) in [5.74, 6) is -1.14. The predicted octanol–water partition coefficient (Wildman–Crippen LogP) is 4.07. The first-order chi connectivity index (χ1) is 9.95. The molecule has 1 atom stereocenters. The second-order valence-corrected chi connectivity index (χ2v) is 7.21. The minimum absolute atomic E-state index is 0.0623. The molecule has 2 rings (SSSR count). The molecule has 0 aliphatic rings. The first-order valence-electron chi connectivity index (χ1n) is 6.07. The molecule has 0 saturated heterocycles. The van der Waals surface area contributed by atoms with E-state index in [2.05, 4.69) is 0 Å². The maximum Gasteiger partial charge on any atom is 0.182 e. The van der Waals surface area contributed by atoms with Crippen molar-refractivity contribution in [1.29, 1.82) is 5.26 Å². The minimum Gasteiger partial charge on any atom is -0.224 e. The molecule has 21 heavy (non-hydrogen) atoms. The van der Waals surface area contributed by atoms with Crippen molar-refractivity contribution in [3.05, 3.63) is 64.1 Å². The van der Waals surface area contributed by atoms with E-state index in [1.165, 1.54) is 12.1 Å². The van der Waals surface area contributed by atoms with E-state index in [1.54, 1.807) is 36.4 Å². The Morgan fingerprint density at radius 3 is 2.10 bits per heavy atom. The third-order valence-corrected chi connectivity index (χ3v) is 5.66. The van der Waals surface area contributed by atoms with Gasteiger partial charge in [-0.2, -0.15) is 5.26 Å². The molecule has 2 aromatic carbocycles. The lowest BCUT2D eigenvalue weighted by Crippen LogP contribution is -2.15. The molecule has 0 spiro atoms. The Hall–Kier alpha value is -1.54. The average molecular weight is 340 g/mol. The normalized spacial score (nSPS) is 12.6. The second-order valence-electron chi connectivity index (χ2n) is 4.42. The topological polar surface area (TPSA) is 57.9 Å². The van der Waals surface area contributed by atoms with Crippen LogP contribution in [0.5, 0.6) is 0 Å². The van der Waals surface area contributed by atoms with E-state index in [4.69, 9.17) is 23.2 Å². The van der Waals surface area contributed by atoms with Crippen LogP contribution in [0.25, 0.3) is 0 Å². The maximum atomic E-state index is 12.5. The number of rotatable bonds is 4. The zero-order chi connectivity index (χ0) is 15.5. The fourth-order valence-corrected chi connectivity index (χ4v) is 4.68. The van der Waals surface area contributed by atoms with E-state index in [0.717, 1.165) is 0 Å². The lowest BCUT2D eigenvalue weighted by atomic mass is 10.0. The van der Waals surface area contributed by atoms with Gasteiger partial charge in [-0.1, -0.05) is 59.6 Å². The Morgan fingerprint density at radius 2 is 1.57 bits per heavy atom. The van der Waals surface area contributed by atoms with Crippen molar-refractivity contribution in [2.45, 2.75) is 10.8 Å². The van der Waals surface area contributed by atoms with Crippen molar-refractivity contribution in [3.8, 4) is 6.07 Å². The molecule has 0 aromatic heterocycles. The van der Waals surface area contributed by atoms with Crippen LogP contribution >= 0.6 is 23.2 Å². The summed E-state index contributed by atoms with van der Waals surface area (Å²) in [7, 11) is -3.77. The van der Waals surface area contributed by atoms with Crippen LogP contribution in [0.3, 0.4) is 0 Å². The molecule has 0 bridgehead atoms. The highest BCUT2D eigenvalue weighted by Crippen LogP contribution is 2.32. The van der Waals surface area contributed by atoms with Crippen LogP contribution in [0, 0.1) is 11.3 Å². The van der Waals surface area contributed by atoms with Crippen molar-refractivity contribution < 1.29 is 8.42 Å². The molecule has 108 valence electrons. The van der Waals surface area contributed by atoms with Crippen molar-refractivity contribution >= 4 is 33.0 Å². The SMILES string of the molecule is N#CC(CS(=O)(=O)c1c(Cl)cccc1Cl)c1ccccc1. The number of hydrogen-bond donors (Lipinski definition) is 0. The molecule has 2 aromatic rings. The second kappa shape index (κ2) is 6.48. The molecule has 0 N–H and O–H groups in total. The van der Waals surface area contributed by atoms with Crippen LogP contribution in [0.1, 0.15) is 11.5 Å². The summed E-state index contributed by atoms with van der Waals surface area (Å²) in [6, 6.07) is 15.3. The van der Waals surface area contributed by atoms with E-state index in [0.29, 0.717) is 5.56 Å². The van der Waals surface area contributed by atoms with E-state index < -0.39 is 15.8 Å². The van der Waals surface area contributed by atoms with Crippen molar-refractivity contribution in [2.24, 2.45) is 0 Å². The third kappa shape index (κ3) is 3.56. The lowest BCUT2D eigenvalue weighted by Gasteiger charge is -2.12. The monoisotopic (exact) mass is 339 g/mol. The third-order valence-electron chi connectivity index (χ3n) is 2.97. The summed E-state index contributed by atoms with van der Waals surface area (Å²) in [6.07, 6.45) is 0. The van der Waals surface area contributed by atoms with Gasteiger partial charge in [-0.25, -0.2) is 8.42 Å². The molecule has 0 heterocycles. The number of halogens is 2. The van der Waals surface area contributed by atoms with Crippen LogP contribution in [0.15, 0.2) is 53.4 Å². The first kappa shape index (κ1) is 15.8. The van der Waals surface area contributed by atoms with Crippen LogP contribution in [0.2, 0.25) is 10.0 Å². The van der Waals surface area contributed by atoms with E-state index >= 15 is 0 Å². The highest BCUT2D eigenvalue weighted by Gasteiger charge is 2.26. The van der Waals surface area contributed by atoms with Crippen LogP contribution < -0.4 is 0 Å². The summed E-state index contributed by atoms with van der Waals surface area (Å²) in [6.45, 7) is 0. The zero-order valence-electron chi connectivity index (χ0n) is 10.8. The van der Waals surface area contributed by atoms with Gasteiger partial charge in [-0.3, -0.25) is 0 Å². The molecule has 0 saturated carbocycles. The summed E-state index contributed by atoms with van der Waals surface area (Å²) >= 11 is 11.9. The van der Waals surface area contributed by atoms with Gasteiger partial charge in [0.05, 0.1) is 27.8 Å². The Bertz CT molecular complexity index is 763. The predicted molar refractivity (Wildman–Crippen MR) is 83.3 cm³/mol. The van der Waals surface area contributed by atoms with E-state index in [9.17, 15) is 13.7 Å².